The lowest BCUT2D eigenvalue weighted by molar-refractivity contribution is 0.678. The first-order valence-electron chi connectivity index (χ1n) is 8.70. The van der Waals surface area contributed by atoms with Gasteiger partial charge in [-0.3, -0.25) is 0 Å². The first kappa shape index (κ1) is 18.7. The van der Waals surface area contributed by atoms with E-state index in [1.165, 1.54) is 28.7 Å². The Morgan fingerprint density at radius 3 is 2.00 bits per heavy atom. The fourth-order valence-corrected chi connectivity index (χ4v) is 3.22. The van der Waals surface area contributed by atoms with Crippen LogP contribution in [0.2, 0.25) is 0 Å². The minimum absolute atomic E-state index is 0.395. The summed E-state index contributed by atoms with van der Waals surface area (Å²) in [4.78, 5) is 0. The van der Waals surface area contributed by atoms with Crippen molar-refractivity contribution in [2.75, 3.05) is 0 Å². The molecule has 0 N–H and O–H groups in total. The SMILES string of the molecule is CC1=C(C)C(C)CC=C1.Cc1ccc(C(P)c2ccccc2)cc1. The number of hydrogen-bond acceptors (Lipinski definition) is 0. The van der Waals surface area contributed by atoms with Gasteiger partial charge in [0.2, 0.25) is 0 Å². The Morgan fingerprint density at radius 1 is 0.875 bits per heavy atom. The lowest BCUT2D eigenvalue weighted by Crippen LogP contribution is -2.00. The normalized spacial score (nSPS) is 18.0. The predicted molar refractivity (Wildman–Crippen MR) is 110 cm³/mol. The van der Waals surface area contributed by atoms with Crippen molar-refractivity contribution in [3.8, 4) is 0 Å². The summed E-state index contributed by atoms with van der Waals surface area (Å²) in [6.45, 7) is 8.80. The van der Waals surface area contributed by atoms with E-state index >= 15 is 0 Å². The Labute approximate surface area is 149 Å². The first-order valence-corrected chi connectivity index (χ1v) is 9.36. The van der Waals surface area contributed by atoms with Crippen LogP contribution in [0.25, 0.3) is 0 Å². The summed E-state index contributed by atoms with van der Waals surface area (Å²) in [5, 5.41) is 0. The third kappa shape index (κ3) is 5.18. The Balaban J connectivity index is 0.000000198. The fraction of sp³-hybridized carbons (Fsp3) is 0.304. The molecule has 2 aromatic rings. The number of rotatable bonds is 2. The number of aryl methyl sites for hydroxylation is 1. The third-order valence-electron chi connectivity index (χ3n) is 4.81. The predicted octanol–water partition coefficient (Wildman–Crippen LogP) is 6.88. The van der Waals surface area contributed by atoms with Crippen LogP contribution >= 0.6 is 9.24 Å². The van der Waals surface area contributed by atoms with Crippen molar-refractivity contribution >= 4 is 9.24 Å². The summed E-state index contributed by atoms with van der Waals surface area (Å²) in [6.07, 6.45) is 5.70. The maximum atomic E-state index is 2.90. The van der Waals surface area contributed by atoms with Crippen molar-refractivity contribution in [1.29, 1.82) is 0 Å². The Hall–Kier alpha value is -1.65. The number of benzene rings is 2. The highest BCUT2D eigenvalue weighted by molar-refractivity contribution is 7.17. The summed E-state index contributed by atoms with van der Waals surface area (Å²) in [5.41, 5.74) is 7.39. The van der Waals surface area contributed by atoms with Gasteiger partial charge < -0.3 is 0 Å². The van der Waals surface area contributed by atoms with Crippen LogP contribution in [0.5, 0.6) is 0 Å². The van der Waals surface area contributed by atoms with Gasteiger partial charge in [-0.1, -0.05) is 90.4 Å². The molecule has 1 aliphatic carbocycles. The van der Waals surface area contributed by atoms with E-state index in [0.29, 0.717) is 5.66 Å². The smallest absolute Gasteiger partial charge is 0.0234 e. The minimum atomic E-state index is 0.395. The van der Waals surface area contributed by atoms with Crippen LogP contribution in [0.15, 0.2) is 77.9 Å². The lowest BCUT2D eigenvalue weighted by atomic mass is 9.90. The van der Waals surface area contributed by atoms with Crippen molar-refractivity contribution in [2.24, 2.45) is 5.92 Å². The largest absolute Gasteiger partial charge is 0.125 e. The van der Waals surface area contributed by atoms with Gasteiger partial charge >= 0.3 is 0 Å². The van der Waals surface area contributed by atoms with E-state index in [-0.39, 0.29) is 0 Å². The molecule has 0 spiro atoms. The van der Waals surface area contributed by atoms with E-state index in [4.69, 9.17) is 0 Å². The minimum Gasteiger partial charge on any atom is -0.125 e. The zero-order valence-corrected chi connectivity index (χ0v) is 16.4. The quantitative estimate of drug-likeness (QED) is 0.524. The topological polar surface area (TPSA) is 0 Å². The molecule has 126 valence electrons. The molecule has 24 heavy (non-hydrogen) atoms. The zero-order chi connectivity index (χ0) is 17.5. The van der Waals surface area contributed by atoms with Crippen molar-refractivity contribution in [3.05, 3.63) is 94.6 Å². The standard InChI is InChI=1S/C14H15P.C9H14/c1-11-7-9-13(10-8-11)14(15)12-5-3-2-4-6-12;1-7-5-4-6-8(2)9(7)3/h2-10,14H,15H2,1H3;4-5,8H,6H2,1-3H3. The average Bonchev–Trinajstić information content (AvgIpc) is 2.61. The highest BCUT2D eigenvalue weighted by Crippen LogP contribution is 2.30. The summed E-state index contributed by atoms with van der Waals surface area (Å²) < 4.78 is 0. The summed E-state index contributed by atoms with van der Waals surface area (Å²) in [5.74, 6) is 0.773. The van der Waals surface area contributed by atoms with E-state index in [1.54, 1.807) is 5.57 Å². The lowest BCUT2D eigenvalue weighted by Gasteiger charge is -2.15. The second-order valence-corrected chi connectivity index (χ2v) is 7.37. The van der Waals surface area contributed by atoms with Crippen LogP contribution in [0.3, 0.4) is 0 Å². The molecular formula is C23H29P. The molecule has 0 nitrogen and oxygen atoms in total. The van der Waals surface area contributed by atoms with Gasteiger partial charge in [-0.25, -0.2) is 0 Å². The molecule has 0 fully saturated rings. The zero-order valence-electron chi connectivity index (χ0n) is 15.3. The first-order chi connectivity index (χ1) is 11.5. The molecule has 2 aromatic carbocycles. The molecule has 1 heteroatoms. The van der Waals surface area contributed by atoms with Crippen LogP contribution in [0.1, 0.15) is 49.5 Å². The Morgan fingerprint density at radius 2 is 1.46 bits per heavy atom. The molecule has 1 aliphatic rings. The van der Waals surface area contributed by atoms with Crippen molar-refractivity contribution < 1.29 is 0 Å². The molecular weight excluding hydrogens is 307 g/mol. The van der Waals surface area contributed by atoms with Crippen LogP contribution in [0, 0.1) is 12.8 Å². The van der Waals surface area contributed by atoms with Gasteiger partial charge in [0, 0.05) is 5.66 Å². The number of allylic oxidation sites excluding steroid dienone is 4. The van der Waals surface area contributed by atoms with Crippen LogP contribution < -0.4 is 0 Å². The maximum Gasteiger partial charge on any atom is 0.0234 e. The average molecular weight is 336 g/mol. The molecule has 3 rings (SSSR count). The van der Waals surface area contributed by atoms with Gasteiger partial charge in [-0.15, -0.1) is 9.24 Å². The molecule has 0 bridgehead atoms. The van der Waals surface area contributed by atoms with Crippen molar-refractivity contribution in [1.82, 2.24) is 0 Å². The van der Waals surface area contributed by atoms with Gasteiger partial charge in [0.05, 0.1) is 0 Å². The fourth-order valence-electron chi connectivity index (χ4n) is 2.77. The van der Waals surface area contributed by atoms with Gasteiger partial charge in [0.1, 0.15) is 0 Å². The molecule has 0 saturated heterocycles. The molecule has 3 atom stereocenters. The van der Waals surface area contributed by atoms with Crippen LogP contribution in [-0.4, -0.2) is 0 Å². The Kier molecular flexibility index (Phi) is 7.00. The monoisotopic (exact) mass is 336 g/mol. The Bertz CT molecular complexity index is 693. The van der Waals surface area contributed by atoms with Gasteiger partial charge in [-0.05, 0) is 44.2 Å². The third-order valence-corrected chi connectivity index (χ3v) is 5.58. The highest BCUT2D eigenvalue weighted by Gasteiger charge is 2.07. The van der Waals surface area contributed by atoms with E-state index in [1.807, 2.05) is 0 Å². The van der Waals surface area contributed by atoms with E-state index in [2.05, 4.69) is 104 Å². The second-order valence-electron chi connectivity index (χ2n) is 6.70. The molecule has 0 amide bonds. The van der Waals surface area contributed by atoms with Gasteiger partial charge in [0.15, 0.2) is 0 Å². The van der Waals surface area contributed by atoms with E-state index in [0.717, 1.165) is 5.92 Å². The molecule has 0 radical (unpaired) electrons. The van der Waals surface area contributed by atoms with E-state index in [9.17, 15) is 0 Å². The van der Waals surface area contributed by atoms with Crippen molar-refractivity contribution in [3.63, 3.8) is 0 Å². The summed E-state index contributed by atoms with van der Waals surface area (Å²) in [6, 6.07) is 19.3. The second kappa shape index (κ2) is 9.00. The molecule has 0 aromatic heterocycles. The molecule has 3 unspecified atom stereocenters. The molecule has 0 aliphatic heterocycles. The number of hydrogen-bond donors (Lipinski definition) is 0. The van der Waals surface area contributed by atoms with E-state index < -0.39 is 0 Å². The highest BCUT2D eigenvalue weighted by atomic mass is 31.0. The van der Waals surface area contributed by atoms with Crippen LogP contribution in [0.4, 0.5) is 0 Å². The van der Waals surface area contributed by atoms with Crippen molar-refractivity contribution in [2.45, 2.75) is 39.8 Å². The summed E-state index contributed by atoms with van der Waals surface area (Å²) in [7, 11) is 2.90. The maximum absolute atomic E-state index is 2.90. The van der Waals surface area contributed by atoms with Gasteiger partial charge in [0.25, 0.3) is 0 Å². The van der Waals surface area contributed by atoms with Crippen LogP contribution in [-0.2, 0) is 0 Å². The molecule has 0 saturated carbocycles. The summed E-state index contributed by atoms with van der Waals surface area (Å²) >= 11 is 0. The molecule has 0 heterocycles. The van der Waals surface area contributed by atoms with Gasteiger partial charge in [-0.2, -0.15) is 0 Å².